The highest BCUT2D eigenvalue weighted by Crippen LogP contribution is 2.38. The molecule has 0 saturated carbocycles. The van der Waals surface area contributed by atoms with Gasteiger partial charge in [-0.2, -0.15) is 0 Å². The van der Waals surface area contributed by atoms with Crippen LogP contribution in [0.25, 0.3) is 11.3 Å². The lowest BCUT2D eigenvalue weighted by Crippen LogP contribution is -2.42. The first kappa shape index (κ1) is 19.7. The van der Waals surface area contributed by atoms with Crippen LogP contribution >= 0.6 is 0 Å². The third-order valence-electron chi connectivity index (χ3n) is 5.04. The monoisotopic (exact) mass is 405 g/mol. The summed E-state index contributed by atoms with van der Waals surface area (Å²) >= 11 is 0. The molecule has 1 aliphatic heterocycles. The molecule has 0 spiro atoms. The van der Waals surface area contributed by atoms with Gasteiger partial charge in [-0.1, -0.05) is 35.5 Å². The number of amides is 2. The van der Waals surface area contributed by atoms with E-state index in [1.54, 1.807) is 29.2 Å². The highest BCUT2D eigenvalue weighted by atomic mass is 16.5. The van der Waals surface area contributed by atoms with E-state index < -0.39 is 11.3 Å². The summed E-state index contributed by atoms with van der Waals surface area (Å²) in [5.74, 6) is 0.693. The molecule has 0 saturated heterocycles. The average Bonchev–Trinajstić information content (AvgIpc) is 3.22. The highest BCUT2D eigenvalue weighted by Gasteiger charge is 2.37. The van der Waals surface area contributed by atoms with Crippen LogP contribution in [0.15, 0.2) is 59.1 Å². The molecule has 7 nitrogen and oxygen atoms in total. The molecule has 0 fully saturated rings. The summed E-state index contributed by atoms with van der Waals surface area (Å²) in [5, 5.41) is 6.69. The van der Waals surface area contributed by atoms with E-state index in [9.17, 15) is 9.59 Å². The lowest BCUT2D eigenvalue weighted by atomic mass is 9.93. The number of rotatable bonds is 4. The molecule has 3 aromatic rings. The smallest absolute Gasteiger partial charge is 0.277 e. The van der Waals surface area contributed by atoms with Crippen molar-refractivity contribution in [2.45, 2.75) is 20.8 Å². The maximum Gasteiger partial charge on any atom is 0.277 e. The molecule has 0 bridgehead atoms. The predicted molar refractivity (Wildman–Crippen MR) is 114 cm³/mol. The van der Waals surface area contributed by atoms with E-state index in [1.807, 2.05) is 51.1 Å². The second-order valence-electron chi connectivity index (χ2n) is 7.80. The molecule has 30 heavy (non-hydrogen) atoms. The van der Waals surface area contributed by atoms with Gasteiger partial charge in [-0.3, -0.25) is 9.59 Å². The zero-order valence-electron chi connectivity index (χ0n) is 17.1. The number of nitrogens with zero attached hydrogens (tertiary/aromatic N) is 2. The third-order valence-corrected chi connectivity index (χ3v) is 5.04. The Hall–Kier alpha value is -3.61. The standard InChI is InChI=1S/C23H23N3O4/c1-4-26-18-11-10-16(12-20(18)29-14-23(2,3)22(26)28)24-21(27)17-13-19(30-25-17)15-8-6-5-7-9-15/h5-13H,4,14H2,1-3H3,(H,24,27). The van der Waals surface area contributed by atoms with Gasteiger partial charge in [-0.15, -0.1) is 0 Å². The van der Waals surface area contributed by atoms with Crippen molar-refractivity contribution in [2.75, 3.05) is 23.4 Å². The molecular weight excluding hydrogens is 382 g/mol. The van der Waals surface area contributed by atoms with Gasteiger partial charge in [-0.25, -0.2) is 0 Å². The van der Waals surface area contributed by atoms with Crippen molar-refractivity contribution in [3.05, 3.63) is 60.3 Å². The summed E-state index contributed by atoms with van der Waals surface area (Å²) in [6.45, 7) is 6.44. The summed E-state index contributed by atoms with van der Waals surface area (Å²) in [6.07, 6.45) is 0. The second kappa shape index (κ2) is 7.67. The van der Waals surface area contributed by atoms with Crippen LogP contribution in [0.3, 0.4) is 0 Å². The van der Waals surface area contributed by atoms with Crippen LogP contribution in [-0.2, 0) is 4.79 Å². The Bertz CT molecular complexity index is 1090. The van der Waals surface area contributed by atoms with Crippen molar-refractivity contribution in [1.29, 1.82) is 0 Å². The van der Waals surface area contributed by atoms with E-state index in [4.69, 9.17) is 9.26 Å². The Balaban J connectivity index is 1.55. The summed E-state index contributed by atoms with van der Waals surface area (Å²) in [4.78, 5) is 27.1. The largest absolute Gasteiger partial charge is 0.490 e. The van der Waals surface area contributed by atoms with Crippen molar-refractivity contribution in [1.82, 2.24) is 5.16 Å². The van der Waals surface area contributed by atoms with Gasteiger partial charge in [0.1, 0.15) is 12.4 Å². The molecule has 1 aromatic heterocycles. The molecule has 0 unspecified atom stereocenters. The number of nitrogens with one attached hydrogen (secondary N) is 1. The lowest BCUT2D eigenvalue weighted by molar-refractivity contribution is -0.127. The topological polar surface area (TPSA) is 84.7 Å². The number of fused-ring (bicyclic) bond motifs is 1. The van der Waals surface area contributed by atoms with Crippen molar-refractivity contribution in [3.8, 4) is 17.1 Å². The number of hydrogen-bond acceptors (Lipinski definition) is 5. The summed E-state index contributed by atoms with van der Waals surface area (Å²) in [5.41, 5.74) is 1.63. The maximum atomic E-state index is 12.8. The van der Waals surface area contributed by atoms with Gasteiger partial charge in [0.05, 0.1) is 11.1 Å². The maximum absolute atomic E-state index is 12.8. The van der Waals surface area contributed by atoms with E-state index in [0.717, 1.165) is 5.56 Å². The third kappa shape index (κ3) is 3.66. The van der Waals surface area contributed by atoms with Gasteiger partial charge in [0.25, 0.3) is 5.91 Å². The minimum Gasteiger partial charge on any atom is -0.490 e. The summed E-state index contributed by atoms with van der Waals surface area (Å²) < 4.78 is 11.2. The molecule has 2 heterocycles. The fourth-order valence-electron chi connectivity index (χ4n) is 3.35. The number of anilines is 2. The number of benzene rings is 2. The van der Waals surface area contributed by atoms with Crippen molar-refractivity contribution < 1.29 is 18.8 Å². The predicted octanol–water partition coefficient (Wildman–Crippen LogP) is 4.37. The van der Waals surface area contributed by atoms with Crippen LogP contribution in [-0.4, -0.2) is 30.1 Å². The Morgan fingerprint density at radius 2 is 1.93 bits per heavy atom. The number of aromatic nitrogens is 1. The Morgan fingerprint density at radius 1 is 1.17 bits per heavy atom. The first-order valence-corrected chi connectivity index (χ1v) is 9.81. The van der Waals surface area contributed by atoms with Crippen molar-refractivity contribution in [3.63, 3.8) is 0 Å². The first-order valence-electron chi connectivity index (χ1n) is 9.81. The van der Waals surface area contributed by atoms with Gasteiger partial charge in [0, 0.05) is 29.9 Å². The van der Waals surface area contributed by atoms with E-state index in [2.05, 4.69) is 10.5 Å². The van der Waals surface area contributed by atoms with Crippen LogP contribution in [0.1, 0.15) is 31.3 Å². The number of ether oxygens (including phenoxy) is 1. The fourth-order valence-corrected chi connectivity index (χ4v) is 3.35. The van der Waals surface area contributed by atoms with Crippen molar-refractivity contribution >= 4 is 23.2 Å². The Labute approximate surface area is 174 Å². The van der Waals surface area contributed by atoms with Gasteiger partial charge in [0.2, 0.25) is 5.91 Å². The Kier molecular flexibility index (Phi) is 5.03. The summed E-state index contributed by atoms with van der Waals surface area (Å²) in [6, 6.07) is 16.3. The molecule has 0 aliphatic carbocycles. The molecule has 154 valence electrons. The van der Waals surface area contributed by atoms with Crippen LogP contribution in [0, 0.1) is 5.41 Å². The Morgan fingerprint density at radius 3 is 2.67 bits per heavy atom. The summed E-state index contributed by atoms with van der Waals surface area (Å²) in [7, 11) is 0. The molecule has 2 aromatic carbocycles. The van der Waals surface area contributed by atoms with E-state index in [-0.39, 0.29) is 18.2 Å². The van der Waals surface area contributed by atoms with Gasteiger partial charge >= 0.3 is 0 Å². The molecule has 0 atom stereocenters. The molecule has 0 radical (unpaired) electrons. The van der Waals surface area contributed by atoms with E-state index in [1.165, 1.54) is 0 Å². The van der Waals surface area contributed by atoms with Gasteiger partial charge in [-0.05, 0) is 32.9 Å². The molecule has 1 N–H and O–H groups in total. The fraction of sp³-hybridized carbons (Fsp3) is 0.261. The van der Waals surface area contributed by atoms with Crippen molar-refractivity contribution in [2.24, 2.45) is 5.41 Å². The molecule has 7 heteroatoms. The number of hydrogen-bond donors (Lipinski definition) is 1. The van der Waals surface area contributed by atoms with Gasteiger partial charge < -0.3 is 19.5 Å². The second-order valence-corrected chi connectivity index (χ2v) is 7.80. The number of carbonyl (C=O) groups is 2. The molecule has 2 amide bonds. The van der Waals surface area contributed by atoms with Crippen LogP contribution in [0.2, 0.25) is 0 Å². The minimum absolute atomic E-state index is 0.0107. The zero-order valence-corrected chi connectivity index (χ0v) is 17.1. The van der Waals surface area contributed by atoms with E-state index in [0.29, 0.717) is 29.4 Å². The average molecular weight is 405 g/mol. The lowest BCUT2D eigenvalue weighted by Gasteiger charge is -2.26. The molecular formula is C23H23N3O4. The first-order chi connectivity index (χ1) is 14.4. The highest BCUT2D eigenvalue weighted by molar-refractivity contribution is 6.04. The number of carbonyl (C=O) groups excluding carboxylic acids is 2. The van der Waals surface area contributed by atoms with Crippen LogP contribution in [0.4, 0.5) is 11.4 Å². The minimum atomic E-state index is -0.632. The van der Waals surface area contributed by atoms with Crippen LogP contribution < -0.4 is 15.0 Å². The quantitative estimate of drug-likeness (QED) is 0.697. The normalized spacial score (nSPS) is 15.2. The SMILES string of the molecule is CCN1C(=O)C(C)(C)COc2cc(NC(=O)c3cc(-c4ccccc4)on3)ccc21. The molecule has 1 aliphatic rings. The van der Waals surface area contributed by atoms with E-state index >= 15 is 0 Å². The molecule has 4 rings (SSSR count). The van der Waals surface area contributed by atoms with Gasteiger partial charge in [0.15, 0.2) is 11.5 Å². The van der Waals surface area contributed by atoms with Crippen LogP contribution in [0.5, 0.6) is 5.75 Å². The zero-order chi connectivity index (χ0) is 21.3.